The molecule has 1 unspecified atom stereocenters. The fourth-order valence-corrected chi connectivity index (χ4v) is 5.64. The molecule has 0 spiro atoms. The van der Waals surface area contributed by atoms with Gasteiger partial charge in [0.2, 0.25) is 0 Å². The van der Waals surface area contributed by atoms with Gasteiger partial charge in [-0.3, -0.25) is 0 Å². The van der Waals surface area contributed by atoms with Crippen LogP contribution in [0.15, 0.2) is 60.7 Å². The van der Waals surface area contributed by atoms with Crippen LogP contribution in [0.4, 0.5) is 5.00 Å². The molecule has 0 saturated carbocycles. The minimum absolute atomic E-state index is 0.353. The van der Waals surface area contributed by atoms with E-state index in [-0.39, 0.29) is 5.54 Å². The maximum atomic E-state index is 10.9. The Morgan fingerprint density at radius 2 is 1.91 bits per heavy atom. The molecule has 32 heavy (non-hydrogen) atoms. The number of thiophene rings is 1. The Kier molecular flexibility index (Phi) is 6.11. The summed E-state index contributed by atoms with van der Waals surface area (Å²) in [5, 5.41) is 10.2. The van der Waals surface area contributed by atoms with Gasteiger partial charge >= 0.3 is 5.97 Å². The number of anilines is 1. The Labute approximate surface area is 193 Å². The molecule has 1 N–H and O–H groups in total. The predicted octanol–water partition coefficient (Wildman–Crippen LogP) is 6.30. The van der Waals surface area contributed by atoms with Crippen molar-refractivity contribution in [2.75, 3.05) is 18.6 Å². The minimum Gasteiger partial charge on any atom is -0.497 e. The van der Waals surface area contributed by atoms with Crippen molar-refractivity contribution in [2.24, 2.45) is 0 Å². The Hall–Kier alpha value is -3.05. The van der Waals surface area contributed by atoms with E-state index in [0.29, 0.717) is 5.92 Å². The zero-order chi connectivity index (χ0) is 22.9. The van der Waals surface area contributed by atoms with E-state index in [0.717, 1.165) is 24.3 Å². The average molecular weight is 448 g/mol. The van der Waals surface area contributed by atoms with E-state index < -0.39 is 5.97 Å². The number of nitrogens with zero attached hydrogens (tertiary/aromatic N) is 1. The Balaban J connectivity index is 1.83. The molecule has 1 atom stereocenters. The Morgan fingerprint density at radius 3 is 2.53 bits per heavy atom. The van der Waals surface area contributed by atoms with Gasteiger partial charge in [0, 0.05) is 17.5 Å². The van der Waals surface area contributed by atoms with Crippen LogP contribution in [-0.2, 0) is 16.8 Å². The summed E-state index contributed by atoms with van der Waals surface area (Å²) in [7, 11) is 1.71. The topological polar surface area (TPSA) is 49.8 Å². The molecule has 0 saturated heterocycles. The summed E-state index contributed by atoms with van der Waals surface area (Å²) in [6.07, 6.45) is 3.75. The average Bonchev–Trinajstić information content (AvgIpc) is 3.28. The second-order valence-corrected chi connectivity index (χ2v) is 9.72. The zero-order valence-electron chi connectivity index (χ0n) is 19.0. The van der Waals surface area contributed by atoms with Crippen molar-refractivity contribution >= 4 is 28.4 Å². The molecule has 3 aromatic rings. The van der Waals surface area contributed by atoms with Crippen molar-refractivity contribution in [3.05, 3.63) is 87.8 Å². The molecule has 4 nitrogen and oxygen atoms in total. The third-order valence-corrected chi connectivity index (χ3v) is 7.73. The molecule has 1 aliphatic rings. The highest BCUT2D eigenvalue weighted by atomic mass is 32.1. The number of aliphatic carboxylic acids is 1. The van der Waals surface area contributed by atoms with Crippen LogP contribution in [0.5, 0.6) is 5.75 Å². The first-order valence-electron chi connectivity index (χ1n) is 10.9. The molecule has 5 heteroatoms. The quantitative estimate of drug-likeness (QED) is 0.450. The molecule has 4 rings (SSSR count). The number of carbonyl (C=O) groups is 1. The summed E-state index contributed by atoms with van der Waals surface area (Å²) in [6, 6.07) is 19.1. The molecule has 0 aliphatic carbocycles. The molecule has 0 bridgehead atoms. The van der Waals surface area contributed by atoms with Gasteiger partial charge < -0.3 is 14.7 Å². The van der Waals surface area contributed by atoms with E-state index >= 15 is 0 Å². The van der Waals surface area contributed by atoms with Gasteiger partial charge in [-0.1, -0.05) is 44.2 Å². The molecule has 0 fully saturated rings. The summed E-state index contributed by atoms with van der Waals surface area (Å²) in [6.45, 7) is 7.66. The van der Waals surface area contributed by atoms with E-state index in [9.17, 15) is 4.79 Å². The highest BCUT2D eigenvalue weighted by Crippen LogP contribution is 2.46. The number of rotatable bonds is 6. The number of carboxylic acid groups (broad SMARTS) is 1. The van der Waals surface area contributed by atoms with Gasteiger partial charge in [-0.05, 0) is 71.9 Å². The molecular formula is C27H29NO3S. The first kappa shape index (κ1) is 22.2. The van der Waals surface area contributed by atoms with Crippen LogP contribution in [0.1, 0.15) is 53.8 Å². The van der Waals surface area contributed by atoms with Crippen molar-refractivity contribution in [2.45, 2.75) is 38.6 Å². The van der Waals surface area contributed by atoms with Gasteiger partial charge in [0.15, 0.2) is 0 Å². The number of ether oxygens (including phenoxy) is 1. The molecule has 0 radical (unpaired) electrons. The van der Waals surface area contributed by atoms with Crippen molar-refractivity contribution in [1.29, 1.82) is 0 Å². The largest absolute Gasteiger partial charge is 0.497 e. The first-order valence-corrected chi connectivity index (χ1v) is 11.7. The van der Waals surface area contributed by atoms with E-state index in [1.165, 1.54) is 32.6 Å². The van der Waals surface area contributed by atoms with Crippen molar-refractivity contribution in [1.82, 2.24) is 0 Å². The molecule has 1 aromatic heterocycles. The second-order valence-electron chi connectivity index (χ2n) is 8.62. The lowest BCUT2D eigenvalue weighted by molar-refractivity contribution is -0.131. The third-order valence-electron chi connectivity index (χ3n) is 6.32. The zero-order valence-corrected chi connectivity index (χ0v) is 19.8. The number of carboxylic acids is 1. The van der Waals surface area contributed by atoms with Crippen molar-refractivity contribution < 1.29 is 14.6 Å². The van der Waals surface area contributed by atoms with Gasteiger partial charge in [-0.15, -0.1) is 11.3 Å². The summed E-state index contributed by atoms with van der Waals surface area (Å²) < 4.78 is 5.49. The number of methoxy groups -OCH3 is 1. The van der Waals surface area contributed by atoms with Gasteiger partial charge in [-0.25, -0.2) is 4.79 Å². The van der Waals surface area contributed by atoms with E-state index in [1.807, 2.05) is 29.5 Å². The summed E-state index contributed by atoms with van der Waals surface area (Å²) in [5.74, 6) is 0.439. The SMILES string of the molecule is COc1ccc2c(c1)CCN(c1ccc(C(C)C)s1)C2(C)c1ccc(C=CC(=O)O)cc1. The van der Waals surface area contributed by atoms with Gasteiger partial charge in [0.25, 0.3) is 0 Å². The lowest BCUT2D eigenvalue weighted by Gasteiger charge is -2.47. The Bertz CT molecular complexity index is 1150. The van der Waals surface area contributed by atoms with Crippen LogP contribution < -0.4 is 9.64 Å². The minimum atomic E-state index is -0.943. The summed E-state index contributed by atoms with van der Waals surface area (Å²) in [5.41, 5.74) is 4.27. The number of hydrogen-bond donors (Lipinski definition) is 1. The maximum absolute atomic E-state index is 10.9. The van der Waals surface area contributed by atoms with Crippen LogP contribution >= 0.6 is 11.3 Å². The lowest BCUT2D eigenvalue weighted by atomic mass is 9.77. The highest BCUT2D eigenvalue weighted by Gasteiger charge is 2.41. The van der Waals surface area contributed by atoms with Gasteiger partial charge in [-0.2, -0.15) is 0 Å². The fraction of sp³-hybridized carbons (Fsp3) is 0.296. The Morgan fingerprint density at radius 1 is 1.16 bits per heavy atom. The van der Waals surface area contributed by atoms with E-state index in [2.05, 4.69) is 62.1 Å². The van der Waals surface area contributed by atoms with Crippen molar-refractivity contribution in [3.63, 3.8) is 0 Å². The molecule has 0 amide bonds. The smallest absolute Gasteiger partial charge is 0.328 e. The number of benzene rings is 2. The molecule has 1 aliphatic heterocycles. The maximum Gasteiger partial charge on any atom is 0.328 e. The van der Waals surface area contributed by atoms with E-state index in [1.54, 1.807) is 13.2 Å². The summed E-state index contributed by atoms with van der Waals surface area (Å²) in [4.78, 5) is 14.8. The summed E-state index contributed by atoms with van der Waals surface area (Å²) >= 11 is 1.87. The number of fused-ring (bicyclic) bond motifs is 1. The first-order chi connectivity index (χ1) is 15.3. The molecular weight excluding hydrogens is 418 g/mol. The monoisotopic (exact) mass is 447 g/mol. The normalized spacial score (nSPS) is 18.2. The van der Waals surface area contributed by atoms with E-state index in [4.69, 9.17) is 9.84 Å². The fourth-order valence-electron chi connectivity index (χ4n) is 4.51. The van der Waals surface area contributed by atoms with Crippen LogP contribution in [0.25, 0.3) is 6.08 Å². The highest BCUT2D eigenvalue weighted by molar-refractivity contribution is 7.16. The molecule has 166 valence electrons. The predicted molar refractivity (Wildman–Crippen MR) is 132 cm³/mol. The van der Waals surface area contributed by atoms with Crippen LogP contribution in [0.3, 0.4) is 0 Å². The van der Waals surface area contributed by atoms with Crippen LogP contribution in [0, 0.1) is 0 Å². The van der Waals surface area contributed by atoms with Gasteiger partial charge in [0.05, 0.1) is 17.6 Å². The lowest BCUT2D eigenvalue weighted by Crippen LogP contribution is -2.49. The number of hydrogen-bond acceptors (Lipinski definition) is 4. The van der Waals surface area contributed by atoms with Crippen molar-refractivity contribution in [3.8, 4) is 5.75 Å². The standard InChI is InChI=1S/C27H29NO3S/c1-18(2)24-12-13-25(32-24)28-16-15-20-17-22(31-4)10-11-23(20)27(28,3)21-8-5-19(6-9-21)7-14-26(29)30/h5-14,17-18H,15-16H2,1-4H3,(H,29,30). The second kappa shape index (κ2) is 8.83. The van der Waals surface area contributed by atoms with Crippen LogP contribution in [0.2, 0.25) is 0 Å². The molecule has 2 aromatic carbocycles. The third kappa shape index (κ3) is 4.05. The molecule has 2 heterocycles. The van der Waals surface area contributed by atoms with Gasteiger partial charge in [0.1, 0.15) is 5.75 Å². The van der Waals surface area contributed by atoms with Crippen LogP contribution in [-0.4, -0.2) is 24.7 Å².